The predicted molar refractivity (Wildman–Crippen MR) is 114 cm³/mol. The number of benzene rings is 2. The van der Waals surface area contributed by atoms with E-state index in [0.717, 1.165) is 30.8 Å². The molecule has 27 heavy (non-hydrogen) atoms. The number of carbonyl (C=O) groups excluding carboxylic acids is 1. The summed E-state index contributed by atoms with van der Waals surface area (Å²) in [5, 5.41) is 3.55. The lowest BCUT2D eigenvalue weighted by Gasteiger charge is -2.18. The minimum atomic E-state index is 0.00707. The third-order valence-corrected chi connectivity index (χ3v) is 5.67. The molecule has 1 N–H and O–H groups in total. The SMILES string of the molecule is CO[C@@H]1CCN(c2ccc(NC(=O)Cc3ccc(SC(C)C)cc3)cc2)C1. The summed E-state index contributed by atoms with van der Waals surface area (Å²) in [6, 6.07) is 16.3. The molecule has 0 aliphatic carbocycles. The zero-order valence-electron chi connectivity index (χ0n) is 16.3. The summed E-state index contributed by atoms with van der Waals surface area (Å²) in [5.74, 6) is 0.00707. The second kappa shape index (κ2) is 9.29. The van der Waals surface area contributed by atoms with Crippen molar-refractivity contribution >= 4 is 29.0 Å². The van der Waals surface area contributed by atoms with E-state index in [4.69, 9.17) is 4.74 Å². The van der Waals surface area contributed by atoms with Crippen LogP contribution in [0.4, 0.5) is 11.4 Å². The molecule has 1 saturated heterocycles. The molecule has 2 aromatic rings. The Labute approximate surface area is 166 Å². The summed E-state index contributed by atoms with van der Waals surface area (Å²) in [7, 11) is 1.77. The van der Waals surface area contributed by atoms with Gasteiger partial charge in [-0.25, -0.2) is 0 Å². The normalized spacial score (nSPS) is 16.7. The Balaban J connectivity index is 1.52. The van der Waals surface area contributed by atoms with E-state index >= 15 is 0 Å². The first-order valence-corrected chi connectivity index (χ1v) is 10.3. The highest BCUT2D eigenvalue weighted by atomic mass is 32.2. The molecule has 0 bridgehead atoms. The number of rotatable bonds is 7. The average molecular weight is 385 g/mol. The fourth-order valence-electron chi connectivity index (χ4n) is 3.26. The van der Waals surface area contributed by atoms with Crippen LogP contribution in [-0.4, -0.2) is 37.5 Å². The van der Waals surface area contributed by atoms with Crippen LogP contribution in [0.1, 0.15) is 25.8 Å². The van der Waals surface area contributed by atoms with Gasteiger partial charge in [-0.05, 0) is 48.4 Å². The van der Waals surface area contributed by atoms with Crippen LogP contribution in [0.3, 0.4) is 0 Å². The van der Waals surface area contributed by atoms with Gasteiger partial charge in [0.2, 0.25) is 5.91 Å². The predicted octanol–water partition coefficient (Wildman–Crippen LogP) is 4.59. The Kier molecular flexibility index (Phi) is 6.80. The lowest BCUT2D eigenvalue weighted by atomic mass is 10.1. The molecule has 1 atom stereocenters. The van der Waals surface area contributed by atoms with Crippen molar-refractivity contribution in [3.8, 4) is 0 Å². The summed E-state index contributed by atoms with van der Waals surface area (Å²) in [5.41, 5.74) is 3.03. The number of amides is 1. The fourth-order valence-corrected chi connectivity index (χ4v) is 4.10. The maximum absolute atomic E-state index is 12.3. The molecule has 0 saturated carbocycles. The van der Waals surface area contributed by atoms with Gasteiger partial charge in [-0.3, -0.25) is 4.79 Å². The molecule has 5 heteroatoms. The van der Waals surface area contributed by atoms with Crippen LogP contribution < -0.4 is 10.2 Å². The summed E-state index contributed by atoms with van der Waals surface area (Å²) in [4.78, 5) is 15.9. The molecule has 0 aromatic heterocycles. The zero-order chi connectivity index (χ0) is 19.2. The molecule has 0 radical (unpaired) electrons. The lowest BCUT2D eigenvalue weighted by Crippen LogP contribution is -2.22. The Morgan fingerprint density at radius 1 is 1.19 bits per heavy atom. The van der Waals surface area contributed by atoms with Gasteiger partial charge in [-0.2, -0.15) is 0 Å². The first-order valence-electron chi connectivity index (χ1n) is 9.47. The molecule has 2 aromatic carbocycles. The summed E-state index contributed by atoms with van der Waals surface area (Å²) < 4.78 is 5.42. The second-order valence-electron chi connectivity index (χ2n) is 7.17. The van der Waals surface area contributed by atoms with Crippen LogP contribution in [0.15, 0.2) is 53.4 Å². The molecular formula is C22H28N2O2S. The summed E-state index contributed by atoms with van der Waals surface area (Å²) in [6.07, 6.45) is 1.76. The van der Waals surface area contributed by atoms with E-state index in [2.05, 4.69) is 48.3 Å². The van der Waals surface area contributed by atoms with Crippen molar-refractivity contribution in [2.45, 2.75) is 42.9 Å². The maximum Gasteiger partial charge on any atom is 0.228 e. The Morgan fingerprint density at radius 2 is 1.89 bits per heavy atom. The molecule has 144 valence electrons. The molecule has 0 spiro atoms. The van der Waals surface area contributed by atoms with Gasteiger partial charge in [0.25, 0.3) is 0 Å². The Bertz CT molecular complexity index is 744. The number of hydrogen-bond acceptors (Lipinski definition) is 4. The molecule has 1 amide bonds. The van der Waals surface area contributed by atoms with Crippen molar-refractivity contribution in [2.24, 2.45) is 0 Å². The number of nitrogens with one attached hydrogen (secondary N) is 1. The van der Waals surface area contributed by atoms with Crippen molar-refractivity contribution in [1.82, 2.24) is 0 Å². The topological polar surface area (TPSA) is 41.6 Å². The lowest BCUT2D eigenvalue weighted by molar-refractivity contribution is -0.115. The number of anilines is 2. The van der Waals surface area contributed by atoms with Crippen molar-refractivity contribution < 1.29 is 9.53 Å². The van der Waals surface area contributed by atoms with E-state index in [0.29, 0.717) is 17.8 Å². The molecular weight excluding hydrogens is 356 g/mol. The van der Waals surface area contributed by atoms with E-state index in [1.54, 1.807) is 7.11 Å². The maximum atomic E-state index is 12.3. The van der Waals surface area contributed by atoms with Crippen LogP contribution in [0, 0.1) is 0 Å². The molecule has 4 nitrogen and oxygen atoms in total. The Morgan fingerprint density at radius 3 is 2.48 bits per heavy atom. The van der Waals surface area contributed by atoms with Gasteiger partial charge in [0.1, 0.15) is 0 Å². The molecule has 1 fully saturated rings. The zero-order valence-corrected chi connectivity index (χ0v) is 17.1. The van der Waals surface area contributed by atoms with E-state index in [9.17, 15) is 4.79 Å². The quantitative estimate of drug-likeness (QED) is 0.709. The standard InChI is InChI=1S/C22H28N2O2S/c1-16(2)27-21-10-4-17(5-11-21)14-22(25)23-18-6-8-19(9-7-18)24-13-12-20(15-24)26-3/h4-11,16,20H,12-15H2,1-3H3,(H,23,25)/t20-/m1/s1. The number of thioether (sulfide) groups is 1. The second-order valence-corrected chi connectivity index (χ2v) is 8.82. The fraction of sp³-hybridized carbons (Fsp3) is 0.409. The average Bonchev–Trinajstić information content (AvgIpc) is 3.13. The van der Waals surface area contributed by atoms with Gasteiger partial charge < -0.3 is 15.0 Å². The third-order valence-electron chi connectivity index (χ3n) is 4.65. The molecule has 1 aliphatic rings. The first kappa shape index (κ1) is 19.8. The van der Waals surface area contributed by atoms with Crippen molar-refractivity contribution in [3.63, 3.8) is 0 Å². The number of nitrogens with zero attached hydrogens (tertiary/aromatic N) is 1. The number of hydrogen-bond donors (Lipinski definition) is 1. The monoisotopic (exact) mass is 384 g/mol. The van der Waals surface area contributed by atoms with Crippen LogP contribution in [0.25, 0.3) is 0 Å². The van der Waals surface area contributed by atoms with E-state index in [-0.39, 0.29) is 5.91 Å². The van der Waals surface area contributed by atoms with Crippen LogP contribution >= 0.6 is 11.8 Å². The number of methoxy groups -OCH3 is 1. The Hall–Kier alpha value is -1.98. The highest BCUT2D eigenvalue weighted by Gasteiger charge is 2.22. The number of ether oxygens (including phenoxy) is 1. The molecule has 1 aliphatic heterocycles. The highest BCUT2D eigenvalue weighted by molar-refractivity contribution is 7.99. The smallest absolute Gasteiger partial charge is 0.228 e. The van der Waals surface area contributed by atoms with Gasteiger partial charge >= 0.3 is 0 Å². The minimum Gasteiger partial charge on any atom is -0.380 e. The first-order chi connectivity index (χ1) is 13.0. The molecule has 0 unspecified atom stereocenters. The van der Waals surface area contributed by atoms with E-state index in [1.165, 1.54) is 10.6 Å². The minimum absolute atomic E-state index is 0.00707. The summed E-state index contributed by atoms with van der Waals surface area (Å²) >= 11 is 1.83. The highest BCUT2D eigenvalue weighted by Crippen LogP contribution is 2.24. The van der Waals surface area contributed by atoms with Crippen molar-refractivity contribution in [1.29, 1.82) is 0 Å². The van der Waals surface area contributed by atoms with Gasteiger partial charge in [0.15, 0.2) is 0 Å². The van der Waals surface area contributed by atoms with Gasteiger partial charge in [0, 0.05) is 41.7 Å². The van der Waals surface area contributed by atoms with Gasteiger partial charge in [0.05, 0.1) is 12.5 Å². The van der Waals surface area contributed by atoms with Crippen molar-refractivity contribution in [3.05, 3.63) is 54.1 Å². The van der Waals surface area contributed by atoms with Gasteiger partial charge in [-0.15, -0.1) is 11.8 Å². The number of carbonyl (C=O) groups is 1. The van der Waals surface area contributed by atoms with Crippen LogP contribution in [0.5, 0.6) is 0 Å². The largest absolute Gasteiger partial charge is 0.380 e. The van der Waals surface area contributed by atoms with E-state index in [1.807, 2.05) is 36.0 Å². The molecule has 1 heterocycles. The molecule has 3 rings (SSSR count). The van der Waals surface area contributed by atoms with Crippen LogP contribution in [-0.2, 0) is 16.0 Å². The van der Waals surface area contributed by atoms with Crippen LogP contribution in [0.2, 0.25) is 0 Å². The third kappa shape index (κ3) is 5.75. The summed E-state index contributed by atoms with van der Waals surface area (Å²) in [6.45, 7) is 6.29. The van der Waals surface area contributed by atoms with E-state index < -0.39 is 0 Å². The van der Waals surface area contributed by atoms with Crippen molar-refractivity contribution in [2.75, 3.05) is 30.4 Å². The van der Waals surface area contributed by atoms with Gasteiger partial charge in [-0.1, -0.05) is 26.0 Å².